The van der Waals surface area contributed by atoms with Gasteiger partial charge >= 0.3 is 6.03 Å². The van der Waals surface area contributed by atoms with Crippen LogP contribution < -0.4 is 15.4 Å². The van der Waals surface area contributed by atoms with Gasteiger partial charge in [-0.1, -0.05) is 0 Å². The van der Waals surface area contributed by atoms with Crippen molar-refractivity contribution < 1.29 is 9.53 Å². The smallest absolute Gasteiger partial charge is 0.320 e. The van der Waals surface area contributed by atoms with Crippen molar-refractivity contribution in [3.63, 3.8) is 0 Å². The van der Waals surface area contributed by atoms with Gasteiger partial charge in [-0.25, -0.2) is 4.79 Å². The molecule has 1 aromatic heterocycles. The summed E-state index contributed by atoms with van der Waals surface area (Å²) in [6.07, 6.45) is 0. The molecule has 1 rings (SSSR count). The van der Waals surface area contributed by atoms with Gasteiger partial charge in [0.25, 0.3) is 0 Å². The zero-order valence-corrected chi connectivity index (χ0v) is 7.37. The quantitative estimate of drug-likeness (QED) is 0.686. The highest BCUT2D eigenvalue weighted by molar-refractivity contribution is 5.87. The van der Waals surface area contributed by atoms with Crippen LogP contribution in [0.1, 0.15) is 0 Å². The van der Waals surface area contributed by atoms with Crippen LogP contribution in [0.4, 0.5) is 10.6 Å². The summed E-state index contributed by atoms with van der Waals surface area (Å²) in [5.74, 6) is 0.780. The molecule has 0 spiro atoms. The van der Waals surface area contributed by atoms with Crippen molar-refractivity contribution in [2.24, 2.45) is 0 Å². The highest BCUT2D eigenvalue weighted by atomic mass is 16.5. The summed E-state index contributed by atoms with van der Waals surface area (Å²) < 4.78 is 4.80. The molecule has 0 bridgehead atoms. The fourth-order valence-electron chi connectivity index (χ4n) is 0.674. The average Bonchev–Trinajstić information content (AvgIpc) is 2.19. The lowest BCUT2D eigenvalue weighted by atomic mass is 10.5. The number of hydrogen-bond donors (Lipinski definition) is 2. The molecule has 2 amide bonds. The molecular formula is C7H10N4O2. The Morgan fingerprint density at radius 3 is 2.69 bits per heavy atom. The van der Waals surface area contributed by atoms with Gasteiger partial charge in [-0.05, 0) is 6.07 Å². The van der Waals surface area contributed by atoms with Crippen LogP contribution in [0.15, 0.2) is 12.1 Å². The van der Waals surface area contributed by atoms with Crippen LogP contribution in [-0.4, -0.2) is 30.4 Å². The standard InChI is InChI=1S/C7H10N4O2/c1-8-7(12)9-5-3-4-6(13-2)11-10-5/h3-4H,1-2H3,(H2,8,9,10,12). The fraction of sp³-hybridized carbons (Fsp3) is 0.286. The molecule has 6 nitrogen and oxygen atoms in total. The zero-order chi connectivity index (χ0) is 9.68. The van der Waals surface area contributed by atoms with Crippen LogP contribution in [0.2, 0.25) is 0 Å². The zero-order valence-electron chi connectivity index (χ0n) is 7.37. The predicted molar refractivity (Wildman–Crippen MR) is 46.7 cm³/mol. The number of carbonyl (C=O) groups is 1. The molecule has 0 saturated heterocycles. The van der Waals surface area contributed by atoms with Crippen molar-refractivity contribution in [2.45, 2.75) is 0 Å². The first kappa shape index (κ1) is 9.24. The molecule has 0 radical (unpaired) electrons. The Kier molecular flexibility index (Phi) is 3.02. The largest absolute Gasteiger partial charge is 0.480 e. The molecule has 13 heavy (non-hydrogen) atoms. The lowest BCUT2D eigenvalue weighted by Crippen LogP contribution is -2.25. The van der Waals surface area contributed by atoms with E-state index in [1.54, 1.807) is 12.1 Å². The van der Waals surface area contributed by atoms with E-state index in [0.717, 1.165) is 0 Å². The van der Waals surface area contributed by atoms with Crippen LogP contribution in [0, 0.1) is 0 Å². The van der Waals surface area contributed by atoms with Crippen molar-refractivity contribution in [2.75, 3.05) is 19.5 Å². The Bertz CT molecular complexity index is 285. The third-order valence-electron chi connectivity index (χ3n) is 1.32. The molecule has 0 fully saturated rings. The first-order chi connectivity index (χ1) is 6.26. The molecule has 0 unspecified atom stereocenters. The number of nitrogens with one attached hydrogen (secondary N) is 2. The summed E-state index contributed by atoms with van der Waals surface area (Å²) in [6, 6.07) is 2.87. The number of rotatable bonds is 2. The topological polar surface area (TPSA) is 76.1 Å². The van der Waals surface area contributed by atoms with Crippen LogP contribution in [0.25, 0.3) is 0 Å². The van der Waals surface area contributed by atoms with Crippen LogP contribution in [0.5, 0.6) is 5.88 Å². The minimum atomic E-state index is -0.334. The Labute approximate surface area is 75.3 Å². The van der Waals surface area contributed by atoms with Gasteiger partial charge in [0, 0.05) is 13.1 Å². The van der Waals surface area contributed by atoms with Crippen molar-refractivity contribution in [3.05, 3.63) is 12.1 Å². The van der Waals surface area contributed by atoms with E-state index in [-0.39, 0.29) is 6.03 Å². The molecule has 0 atom stereocenters. The summed E-state index contributed by atoms with van der Waals surface area (Å²) in [4.78, 5) is 10.8. The summed E-state index contributed by atoms with van der Waals surface area (Å²) in [6.45, 7) is 0. The lowest BCUT2D eigenvalue weighted by Gasteiger charge is -2.02. The second-order valence-electron chi connectivity index (χ2n) is 2.17. The van der Waals surface area contributed by atoms with E-state index in [0.29, 0.717) is 11.7 Å². The van der Waals surface area contributed by atoms with Crippen molar-refractivity contribution >= 4 is 11.8 Å². The van der Waals surface area contributed by atoms with Gasteiger partial charge in [-0.3, -0.25) is 5.32 Å². The molecule has 70 valence electrons. The first-order valence-electron chi connectivity index (χ1n) is 3.62. The minimum absolute atomic E-state index is 0.334. The van der Waals surface area contributed by atoms with Gasteiger partial charge in [0.05, 0.1) is 7.11 Å². The Morgan fingerprint density at radius 1 is 1.46 bits per heavy atom. The fourth-order valence-corrected chi connectivity index (χ4v) is 0.674. The number of amides is 2. The van der Waals surface area contributed by atoms with Crippen molar-refractivity contribution in [3.8, 4) is 5.88 Å². The predicted octanol–water partition coefficient (Wildman–Crippen LogP) is 0.236. The highest BCUT2D eigenvalue weighted by Crippen LogP contribution is 2.06. The van der Waals surface area contributed by atoms with Gasteiger partial charge < -0.3 is 10.1 Å². The van der Waals surface area contributed by atoms with E-state index in [1.165, 1.54) is 14.2 Å². The molecule has 1 aromatic rings. The van der Waals surface area contributed by atoms with E-state index in [1.807, 2.05) is 0 Å². The second kappa shape index (κ2) is 4.24. The maximum absolute atomic E-state index is 10.8. The van der Waals surface area contributed by atoms with Crippen LogP contribution >= 0.6 is 0 Å². The first-order valence-corrected chi connectivity index (χ1v) is 3.62. The monoisotopic (exact) mass is 182 g/mol. The Balaban J connectivity index is 2.64. The van der Waals surface area contributed by atoms with E-state index < -0.39 is 0 Å². The summed E-state index contributed by atoms with van der Waals surface area (Å²) >= 11 is 0. The van der Waals surface area contributed by atoms with Crippen LogP contribution in [-0.2, 0) is 0 Å². The summed E-state index contributed by atoms with van der Waals surface area (Å²) in [7, 11) is 3.02. The molecule has 6 heteroatoms. The number of hydrogen-bond acceptors (Lipinski definition) is 4. The number of methoxy groups -OCH3 is 1. The summed E-state index contributed by atoms with van der Waals surface area (Å²) in [5.41, 5.74) is 0. The molecule has 0 aliphatic carbocycles. The number of anilines is 1. The SMILES string of the molecule is CNC(=O)Nc1ccc(OC)nn1. The summed E-state index contributed by atoms with van der Waals surface area (Å²) in [5, 5.41) is 12.2. The maximum atomic E-state index is 10.8. The average molecular weight is 182 g/mol. The molecule has 0 aliphatic rings. The van der Waals surface area contributed by atoms with Gasteiger partial charge in [0.1, 0.15) is 0 Å². The van der Waals surface area contributed by atoms with E-state index in [9.17, 15) is 4.79 Å². The van der Waals surface area contributed by atoms with E-state index >= 15 is 0 Å². The molecule has 0 aliphatic heterocycles. The molecule has 2 N–H and O–H groups in total. The van der Waals surface area contributed by atoms with Crippen molar-refractivity contribution in [1.82, 2.24) is 15.5 Å². The number of aromatic nitrogens is 2. The second-order valence-corrected chi connectivity index (χ2v) is 2.17. The number of urea groups is 1. The number of nitrogens with zero attached hydrogens (tertiary/aromatic N) is 2. The molecule has 0 saturated carbocycles. The van der Waals surface area contributed by atoms with Crippen LogP contribution in [0.3, 0.4) is 0 Å². The minimum Gasteiger partial charge on any atom is -0.480 e. The van der Waals surface area contributed by atoms with E-state index in [2.05, 4.69) is 20.8 Å². The molecular weight excluding hydrogens is 172 g/mol. The van der Waals surface area contributed by atoms with Gasteiger partial charge in [0.15, 0.2) is 5.82 Å². The Morgan fingerprint density at radius 2 is 2.23 bits per heavy atom. The molecule has 0 aromatic carbocycles. The number of carbonyl (C=O) groups excluding carboxylic acids is 1. The van der Waals surface area contributed by atoms with E-state index in [4.69, 9.17) is 4.74 Å². The Hall–Kier alpha value is -1.85. The number of ether oxygens (including phenoxy) is 1. The van der Waals surface area contributed by atoms with Gasteiger partial charge in [-0.2, -0.15) is 0 Å². The van der Waals surface area contributed by atoms with Gasteiger partial charge in [0.2, 0.25) is 5.88 Å². The van der Waals surface area contributed by atoms with Crippen molar-refractivity contribution in [1.29, 1.82) is 0 Å². The maximum Gasteiger partial charge on any atom is 0.320 e. The normalized spacial score (nSPS) is 9.08. The molecule has 1 heterocycles. The lowest BCUT2D eigenvalue weighted by molar-refractivity contribution is 0.254. The van der Waals surface area contributed by atoms with Gasteiger partial charge in [-0.15, -0.1) is 10.2 Å². The third kappa shape index (κ3) is 2.58. The highest BCUT2D eigenvalue weighted by Gasteiger charge is 2.00. The third-order valence-corrected chi connectivity index (χ3v) is 1.32.